The Morgan fingerprint density at radius 1 is 1.05 bits per heavy atom. The van der Waals surface area contributed by atoms with Crippen LogP contribution in [0.25, 0.3) is 0 Å². The Kier molecular flexibility index (Phi) is 4.71. The van der Waals surface area contributed by atoms with Crippen LogP contribution in [0.2, 0.25) is 0 Å². The Labute approximate surface area is 120 Å². The van der Waals surface area contributed by atoms with Crippen molar-refractivity contribution in [1.29, 1.82) is 0 Å². The van der Waals surface area contributed by atoms with Gasteiger partial charge in [0.1, 0.15) is 5.75 Å². The molecule has 0 aliphatic heterocycles. The molecule has 0 amide bonds. The number of hydrogen-bond acceptors (Lipinski definition) is 3. The molecule has 0 saturated heterocycles. The Balaban J connectivity index is 2.16. The summed E-state index contributed by atoms with van der Waals surface area (Å²) in [5, 5.41) is 12.2. The molecule has 2 aromatic carbocycles. The van der Waals surface area contributed by atoms with E-state index in [4.69, 9.17) is 0 Å². The van der Waals surface area contributed by atoms with Crippen LogP contribution >= 0.6 is 0 Å². The van der Waals surface area contributed by atoms with Crippen LogP contribution in [0.15, 0.2) is 54.6 Å². The second-order valence-electron chi connectivity index (χ2n) is 4.23. The molecule has 2 N–H and O–H groups in total. The van der Waals surface area contributed by atoms with Crippen molar-refractivity contribution in [2.75, 3.05) is 5.32 Å². The summed E-state index contributed by atoms with van der Waals surface area (Å²) in [5.74, 6) is -1.08. The van der Waals surface area contributed by atoms with Crippen LogP contribution in [0.1, 0.15) is 11.6 Å². The zero-order chi connectivity index (χ0) is 15.2. The SMILES string of the molecule is O=C(O)C(Nc1ccccc1)c1ccc(OC(F)F)cc1. The van der Waals surface area contributed by atoms with Crippen LogP contribution in [-0.4, -0.2) is 17.7 Å². The minimum absolute atomic E-state index is 0.0161. The molecule has 4 nitrogen and oxygen atoms in total. The van der Waals surface area contributed by atoms with Crippen molar-refractivity contribution >= 4 is 11.7 Å². The maximum Gasteiger partial charge on any atom is 0.387 e. The van der Waals surface area contributed by atoms with Gasteiger partial charge in [-0.25, -0.2) is 4.79 Å². The van der Waals surface area contributed by atoms with Crippen molar-refractivity contribution in [3.8, 4) is 5.75 Å². The average molecular weight is 293 g/mol. The number of benzene rings is 2. The van der Waals surface area contributed by atoms with Crippen LogP contribution in [0, 0.1) is 0 Å². The van der Waals surface area contributed by atoms with Crippen LogP contribution in [0.5, 0.6) is 5.75 Å². The predicted octanol–water partition coefficient (Wildman–Crippen LogP) is 3.53. The minimum Gasteiger partial charge on any atom is -0.479 e. The van der Waals surface area contributed by atoms with Gasteiger partial charge in [0.2, 0.25) is 0 Å². The number of anilines is 1. The van der Waals surface area contributed by atoms with Gasteiger partial charge in [0.05, 0.1) is 0 Å². The van der Waals surface area contributed by atoms with E-state index in [-0.39, 0.29) is 5.75 Å². The molecule has 0 aromatic heterocycles. The van der Waals surface area contributed by atoms with Gasteiger partial charge in [-0.05, 0) is 29.8 Å². The lowest BCUT2D eigenvalue weighted by Gasteiger charge is -2.16. The first kappa shape index (κ1) is 14.8. The van der Waals surface area contributed by atoms with E-state index in [1.54, 1.807) is 24.3 Å². The molecule has 1 unspecified atom stereocenters. The number of carboxylic acid groups (broad SMARTS) is 1. The third-order valence-corrected chi connectivity index (χ3v) is 2.77. The van der Waals surface area contributed by atoms with Crippen LogP contribution in [0.4, 0.5) is 14.5 Å². The van der Waals surface area contributed by atoms with E-state index >= 15 is 0 Å². The maximum absolute atomic E-state index is 12.1. The topological polar surface area (TPSA) is 58.6 Å². The normalized spacial score (nSPS) is 12.0. The molecule has 0 saturated carbocycles. The number of carbonyl (C=O) groups is 1. The Morgan fingerprint density at radius 2 is 1.67 bits per heavy atom. The van der Waals surface area contributed by atoms with Gasteiger partial charge in [-0.15, -0.1) is 0 Å². The number of aliphatic carboxylic acids is 1. The molecular weight excluding hydrogens is 280 g/mol. The van der Waals surface area contributed by atoms with Gasteiger partial charge >= 0.3 is 12.6 Å². The number of ether oxygens (including phenoxy) is 1. The first-order valence-electron chi connectivity index (χ1n) is 6.15. The number of rotatable bonds is 6. The molecule has 0 bridgehead atoms. The standard InChI is InChI=1S/C15H13F2NO3/c16-15(17)21-12-8-6-10(7-9-12)13(14(19)20)18-11-4-2-1-3-5-11/h1-9,13,15,18H,(H,19,20). The van der Waals surface area contributed by atoms with Crippen LogP contribution in [0.3, 0.4) is 0 Å². The summed E-state index contributed by atoms with van der Waals surface area (Å²) in [6, 6.07) is 13.4. The van der Waals surface area contributed by atoms with Crippen molar-refractivity contribution < 1.29 is 23.4 Å². The summed E-state index contributed by atoms with van der Waals surface area (Å²) in [5.41, 5.74) is 1.09. The van der Waals surface area contributed by atoms with Crippen molar-refractivity contribution in [2.24, 2.45) is 0 Å². The molecule has 0 fully saturated rings. The summed E-state index contributed by atoms with van der Waals surface area (Å²) >= 11 is 0. The van der Waals surface area contributed by atoms with Gasteiger partial charge in [-0.1, -0.05) is 30.3 Å². The van der Waals surface area contributed by atoms with Gasteiger partial charge in [0.25, 0.3) is 0 Å². The number of hydrogen-bond donors (Lipinski definition) is 2. The van der Waals surface area contributed by atoms with Crippen molar-refractivity contribution in [3.05, 3.63) is 60.2 Å². The minimum atomic E-state index is -2.91. The predicted molar refractivity (Wildman–Crippen MR) is 73.5 cm³/mol. The number of halogens is 2. The monoisotopic (exact) mass is 293 g/mol. The zero-order valence-corrected chi connectivity index (χ0v) is 10.9. The van der Waals surface area contributed by atoms with Crippen molar-refractivity contribution in [3.63, 3.8) is 0 Å². The van der Waals surface area contributed by atoms with E-state index in [0.29, 0.717) is 11.3 Å². The quantitative estimate of drug-likeness (QED) is 0.855. The van der Waals surface area contributed by atoms with Gasteiger partial charge in [-0.2, -0.15) is 8.78 Å². The Hall–Kier alpha value is -2.63. The molecule has 0 aliphatic rings. The fourth-order valence-electron chi connectivity index (χ4n) is 1.83. The fourth-order valence-corrected chi connectivity index (χ4v) is 1.83. The second kappa shape index (κ2) is 6.69. The summed E-state index contributed by atoms with van der Waals surface area (Å²) in [4.78, 5) is 11.4. The fraction of sp³-hybridized carbons (Fsp3) is 0.133. The van der Waals surface area contributed by atoms with Gasteiger partial charge in [-0.3, -0.25) is 0 Å². The molecule has 2 rings (SSSR count). The lowest BCUT2D eigenvalue weighted by atomic mass is 10.1. The first-order valence-corrected chi connectivity index (χ1v) is 6.15. The Morgan fingerprint density at radius 3 is 2.19 bits per heavy atom. The van der Waals surface area contributed by atoms with Crippen molar-refractivity contribution in [1.82, 2.24) is 0 Å². The highest BCUT2D eigenvalue weighted by Gasteiger charge is 2.19. The van der Waals surface area contributed by atoms with E-state index < -0.39 is 18.6 Å². The van der Waals surface area contributed by atoms with E-state index in [1.165, 1.54) is 24.3 Å². The highest BCUT2D eigenvalue weighted by atomic mass is 19.3. The van der Waals surface area contributed by atoms with Crippen LogP contribution < -0.4 is 10.1 Å². The zero-order valence-electron chi connectivity index (χ0n) is 10.9. The lowest BCUT2D eigenvalue weighted by Crippen LogP contribution is -2.20. The molecule has 0 spiro atoms. The van der Waals surface area contributed by atoms with E-state index in [0.717, 1.165) is 0 Å². The number of carboxylic acids is 1. The van der Waals surface area contributed by atoms with Gasteiger partial charge in [0.15, 0.2) is 6.04 Å². The van der Waals surface area contributed by atoms with E-state index in [9.17, 15) is 18.7 Å². The average Bonchev–Trinajstić information content (AvgIpc) is 2.46. The molecule has 6 heteroatoms. The Bertz CT molecular complexity index is 588. The largest absolute Gasteiger partial charge is 0.479 e. The van der Waals surface area contributed by atoms with Crippen LogP contribution in [-0.2, 0) is 4.79 Å². The lowest BCUT2D eigenvalue weighted by molar-refractivity contribution is -0.138. The van der Waals surface area contributed by atoms with Crippen molar-refractivity contribution in [2.45, 2.75) is 12.7 Å². The molecule has 0 aliphatic carbocycles. The maximum atomic E-state index is 12.1. The highest BCUT2D eigenvalue weighted by Crippen LogP contribution is 2.23. The molecule has 2 aromatic rings. The summed E-state index contributed by atoms with van der Waals surface area (Å²) in [7, 11) is 0. The van der Waals surface area contributed by atoms with Gasteiger partial charge < -0.3 is 15.2 Å². The smallest absolute Gasteiger partial charge is 0.387 e. The number of alkyl halides is 2. The molecular formula is C15H13F2NO3. The number of nitrogens with one attached hydrogen (secondary N) is 1. The van der Waals surface area contributed by atoms with Gasteiger partial charge in [0, 0.05) is 5.69 Å². The molecule has 21 heavy (non-hydrogen) atoms. The number of para-hydroxylation sites is 1. The second-order valence-corrected chi connectivity index (χ2v) is 4.23. The summed E-state index contributed by atoms with van der Waals surface area (Å²) < 4.78 is 28.4. The molecule has 1 atom stereocenters. The third kappa shape index (κ3) is 4.17. The molecule has 0 radical (unpaired) electrons. The third-order valence-electron chi connectivity index (χ3n) is 2.77. The summed E-state index contributed by atoms with van der Waals surface area (Å²) in [6.45, 7) is -2.91. The summed E-state index contributed by atoms with van der Waals surface area (Å²) in [6.07, 6.45) is 0. The molecule has 0 heterocycles. The first-order chi connectivity index (χ1) is 10.1. The van der Waals surface area contributed by atoms with E-state index in [1.807, 2.05) is 6.07 Å². The molecule has 110 valence electrons. The highest BCUT2D eigenvalue weighted by molar-refractivity contribution is 5.79. The van der Waals surface area contributed by atoms with E-state index in [2.05, 4.69) is 10.1 Å².